The molecule has 1 aliphatic rings. The van der Waals surface area contributed by atoms with E-state index in [0.29, 0.717) is 35.5 Å². The normalized spacial score (nSPS) is 13.5. The number of rotatable bonds is 10. The van der Waals surface area contributed by atoms with E-state index >= 15 is 4.39 Å². The number of anilines is 3. The van der Waals surface area contributed by atoms with Gasteiger partial charge in [-0.1, -0.05) is 12.1 Å². The summed E-state index contributed by atoms with van der Waals surface area (Å²) >= 11 is 0. The molecular formula is C32H33F2N5O4. The van der Waals surface area contributed by atoms with Crippen LogP contribution < -0.4 is 20.7 Å². The molecule has 5 N–H and O–H groups in total. The minimum Gasteiger partial charge on any atom is -0.452 e. The molecule has 0 atom stereocenters. The van der Waals surface area contributed by atoms with E-state index in [2.05, 4.69) is 20.9 Å². The average Bonchev–Trinajstić information content (AvgIpc) is 3.65. The third-order valence-electron chi connectivity index (χ3n) is 6.85. The predicted octanol–water partition coefficient (Wildman–Crippen LogP) is 7.08. The van der Waals surface area contributed by atoms with Gasteiger partial charge in [0.05, 0.1) is 5.69 Å². The van der Waals surface area contributed by atoms with Crippen LogP contribution in [0.4, 0.5) is 25.8 Å². The lowest BCUT2D eigenvalue weighted by atomic mass is 10.0. The summed E-state index contributed by atoms with van der Waals surface area (Å²) in [4.78, 5) is 40.4. The molecule has 0 saturated heterocycles. The van der Waals surface area contributed by atoms with Gasteiger partial charge in [0.2, 0.25) is 17.7 Å². The van der Waals surface area contributed by atoms with Gasteiger partial charge in [-0.05, 0) is 73.0 Å². The zero-order chi connectivity index (χ0) is 30.6. The molecule has 0 radical (unpaired) electrons. The molecule has 0 unspecified atom stereocenters. The molecule has 3 aromatic carbocycles. The van der Waals surface area contributed by atoms with Crippen molar-refractivity contribution in [1.29, 1.82) is 5.41 Å². The van der Waals surface area contributed by atoms with Crippen LogP contribution in [0.3, 0.4) is 0 Å². The lowest BCUT2D eigenvalue weighted by Gasteiger charge is -2.16. The second-order valence-electron chi connectivity index (χ2n) is 9.97. The number of benzene rings is 3. The van der Waals surface area contributed by atoms with Crippen LogP contribution >= 0.6 is 0 Å². The monoisotopic (exact) mass is 589 g/mol. The topological polar surface area (TPSA) is 136 Å². The van der Waals surface area contributed by atoms with Gasteiger partial charge in [0.15, 0.2) is 17.3 Å². The van der Waals surface area contributed by atoms with E-state index in [9.17, 15) is 18.8 Å². The highest BCUT2D eigenvalue weighted by Gasteiger charge is 2.56. The summed E-state index contributed by atoms with van der Waals surface area (Å²) in [5, 5.41) is 15.6. The number of amides is 3. The molecule has 1 heterocycles. The first kappa shape index (κ1) is 28.9. The Morgan fingerprint density at radius 3 is 2.23 bits per heavy atom. The van der Waals surface area contributed by atoms with Gasteiger partial charge < -0.3 is 31.1 Å². The third-order valence-corrected chi connectivity index (χ3v) is 6.85. The molecule has 0 aliphatic heterocycles. The second-order valence-corrected chi connectivity index (χ2v) is 9.97. The molecule has 1 aliphatic carbocycles. The van der Waals surface area contributed by atoms with Crippen LogP contribution in [-0.4, -0.2) is 28.9 Å². The van der Waals surface area contributed by atoms with Crippen LogP contribution in [0.2, 0.25) is 0 Å². The number of aromatic nitrogens is 1. The van der Waals surface area contributed by atoms with Crippen LogP contribution in [0.1, 0.15) is 29.7 Å². The number of allylic oxidation sites excluding steroid dienone is 1. The summed E-state index contributed by atoms with van der Waals surface area (Å²) in [7, 11) is 0. The molecule has 0 spiro atoms. The molecule has 3 amide bonds. The summed E-state index contributed by atoms with van der Waals surface area (Å²) in [6.07, 6.45) is 4.68. The highest BCUT2D eigenvalue weighted by molar-refractivity contribution is 6.16. The Labute approximate surface area is 249 Å². The minimum absolute atomic E-state index is 0. The fraction of sp³-hybridized carbons (Fsp3) is 0.125. The van der Waals surface area contributed by atoms with E-state index in [1.807, 2.05) is 6.07 Å². The highest BCUT2D eigenvalue weighted by Crippen LogP contribution is 2.47. The molecule has 9 nitrogen and oxygen atoms in total. The van der Waals surface area contributed by atoms with E-state index < -0.39 is 28.9 Å². The van der Waals surface area contributed by atoms with Crippen molar-refractivity contribution in [3.8, 4) is 16.9 Å². The molecule has 1 fully saturated rings. The van der Waals surface area contributed by atoms with Gasteiger partial charge in [0.1, 0.15) is 11.2 Å². The molecule has 1 aromatic heterocycles. The average molecular weight is 590 g/mol. The Hall–Kier alpha value is -5.58. The second kappa shape index (κ2) is 12.1. The molecule has 4 aromatic rings. The van der Waals surface area contributed by atoms with Gasteiger partial charge in [0, 0.05) is 58.4 Å². The maximum atomic E-state index is 15.2. The Morgan fingerprint density at radius 2 is 1.58 bits per heavy atom. The van der Waals surface area contributed by atoms with E-state index in [1.54, 1.807) is 30.5 Å². The molecule has 5 rings (SSSR count). The zero-order valence-electron chi connectivity index (χ0n) is 23.0. The molecule has 43 heavy (non-hydrogen) atoms. The summed E-state index contributed by atoms with van der Waals surface area (Å²) < 4.78 is 34.3. The van der Waals surface area contributed by atoms with Crippen molar-refractivity contribution >= 4 is 46.8 Å². The fourth-order valence-corrected chi connectivity index (χ4v) is 4.52. The molecule has 1 saturated carbocycles. The summed E-state index contributed by atoms with van der Waals surface area (Å²) in [5.41, 5.74) is 1.70. The van der Waals surface area contributed by atoms with Crippen molar-refractivity contribution in [2.75, 3.05) is 16.0 Å². The largest absolute Gasteiger partial charge is 0.452 e. The standard InChI is InChI=1S/C32H27F2N5O4.3H2/c1-19(40)37-23-4-2-3-20(17-23)25-12-16-36-29(25)28(11-15-35)43-27-10-9-24(18-26(27)34)39-31(42)32(13-14-32)30(41)38-22-7-5-21(33)6-8-22;;;/h2-12,15-18,35-36H,13-14H2,1H3,(H,37,40)(H,38,41)(H,39,42);3*1H/b28-11+,35-15?;;;. The number of carbonyl (C=O) groups excluding carboxylic acids is 3. The first-order valence-corrected chi connectivity index (χ1v) is 13.3. The number of hydrogen-bond acceptors (Lipinski definition) is 5. The Kier molecular flexibility index (Phi) is 8.15. The number of nitrogens with one attached hydrogen (secondary N) is 5. The molecule has 0 bridgehead atoms. The van der Waals surface area contributed by atoms with E-state index in [-0.39, 0.29) is 27.4 Å². The predicted molar refractivity (Wildman–Crippen MR) is 166 cm³/mol. The number of hydrogen-bond donors (Lipinski definition) is 5. The summed E-state index contributed by atoms with van der Waals surface area (Å²) in [5.74, 6) is -2.55. The van der Waals surface area contributed by atoms with E-state index in [1.165, 1.54) is 49.4 Å². The van der Waals surface area contributed by atoms with Crippen LogP contribution in [0.25, 0.3) is 16.9 Å². The Balaban J connectivity index is 0.00000245. The number of aromatic amines is 1. The smallest absolute Gasteiger partial charge is 0.240 e. The lowest BCUT2D eigenvalue weighted by molar-refractivity contribution is -0.131. The van der Waals surface area contributed by atoms with Gasteiger partial charge in [-0.25, -0.2) is 8.78 Å². The molecule has 11 heteroatoms. The van der Waals surface area contributed by atoms with Crippen molar-refractivity contribution in [2.24, 2.45) is 5.41 Å². The maximum absolute atomic E-state index is 15.2. The van der Waals surface area contributed by atoms with Crippen LogP contribution in [0.15, 0.2) is 85.1 Å². The lowest BCUT2D eigenvalue weighted by Crippen LogP contribution is -2.35. The van der Waals surface area contributed by atoms with Gasteiger partial charge in [0.25, 0.3) is 0 Å². The van der Waals surface area contributed by atoms with Crippen molar-refractivity contribution in [3.05, 3.63) is 102 Å². The quantitative estimate of drug-likeness (QED) is 0.0767. The van der Waals surface area contributed by atoms with Crippen LogP contribution in [0, 0.1) is 22.5 Å². The molecule has 224 valence electrons. The number of carbonyl (C=O) groups is 3. The number of H-pyrrole nitrogens is 1. The van der Waals surface area contributed by atoms with E-state index in [4.69, 9.17) is 10.1 Å². The minimum atomic E-state index is -1.30. The first-order valence-electron chi connectivity index (χ1n) is 13.3. The van der Waals surface area contributed by atoms with Crippen molar-refractivity contribution in [3.63, 3.8) is 0 Å². The van der Waals surface area contributed by atoms with Gasteiger partial charge in [-0.3, -0.25) is 14.4 Å². The highest BCUT2D eigenvalue weighted by atomic mass is 19.1. The van der Waals surface area contributed by atoms with Crippen molar-refractivity contribution < 1.29 is 32.2 Å². The maximum Gasteiger partial charge on any atom is 0.240 e. The van der Waals surface area contributed by atoms with Crippen molar-refractivity contribution in [2.45, 2.75) is 19.8 Å². The van der Waals surface area contributed by atoms with Crippen molar-refractivity contribution in [1.82, 2.24) is 4.98 Å². The van der Waals surface area contributed by atoms with Gasteiger partial charge in [-0.15, -0.1) is 0 Å². The SMILES string of the molecule is CC(=O)Nc1cccc(-c2cc[nH]c2/C(=C\C=N)Oc2ccc(NC(=O)C3(C(=O)Nc4ccc(F)cc4)CC3)cc2F)c1.[HH].[HH].[HH]. The van der Waals surface area contributed by atoms with Gasteiger partial charge in [-0.2, -0.15) is 0 Å². The zero-order valence-corrected chi connectivity index (χ0v) is 23.0. The molecular weight excluding hydrogens is 556 g/mol. The summed E-state index contributed by atoms with van der Waals surface area (Å²) in [6, 6.07) is 18.0. The van der Waals surface area contributed by atoms with Gasteiger partial charge >= 0.3 is 0 Å². The third kappa shape index (κ3) is 6.51. The fourth-order valence-electron chi connectivity index (χ4n) is 4.52. The Bertz CT molecular complexity index is 1760. The van der Waals surface area contributed by atoms with Crippen LogP contribution in [-0.2, 0) is 14.4 Å². The van der Waals surface area contributed by atoms with E-state index in [0.717, 1.165) is 17.8 Å². The number of ether oxygens (including phenoxy) is 1. The number of halogens is 2. The van der Waals surface area contributed by atoms with Crippen LogP contribution in [0.5, 0.6) is 5.75 Å². The summed E-state index contributed by atoms with van der Waals surface area (Å²) in [6.45, 7) is 1.41. The Morgan fingerprint density at radius 1 is 0.907 bits per heavy atom. The first-order chi connectivity index (χ1) is 20.7.